The lowest BCUT2D eigenvalue weighted by atomic mass is 9.98. The Kier molecular flexibility index (Phi) is 3.09. The number of ether oxygens (including phenoxy) is 1. The van der Waals surface area contributed by atoms with Crippen molar-refractivity contribution in [3.63, 3.8) is 0 Å². The maximum absolute atomic E-state index is 12.6. The molecule has 1 aliphatic heterocycles. The summed E-state index contributed by atoms with van der Waals surface area (Å²) in [5.74, 6) is 0.0313. The lowest BCUT2D eigenvalue weighted by molar-refractivity contribution is -0.0566. The Bertz CT molecular complexity index is 486. The van der Waals surface area contributed by atoms with E-state index in [-0.39, 0.29) is 17.4 Å². The maximum atomic E-state index is 12.6. The lowest BCUT2D eigenvalue weighted by Crippen LogP contribution is -2.52. The zero-order valence-electron chi connectivity index (χ0n) is 11.5. The zero-order chi connectivity index (χ0) is 13.6. The van der Waals surface area contributed by atoms with Crippen molar-refractivity contribution in [2.75, 3.05) is 13.2 Å². The van der Waals surface area contributed by atoms with Crippen molar-refractivity contribution in [3.8, 4) is 0 Å². The van der Waals surface area contributed by atoms with Crippen LogP contribution in [0.2, 0.25) is 0 Å². The number of aromatic nitrogens is 2. The molecule has 2 fully saturated rings. The second kappa shape index (κ2) is 4.52. The second-order valence-electron chi connectivity index (χ2n) is 6.30. The van der Waals surface area contributed by atoms with Gasteiger partial charge >= 0.3 is 0 Å². The number of carbonyl (C=O) groups is 1. The lowest BCUT2D eigenvalue weighted by Gasteiger charge is -2.36. The smallest absolute Gasteiger partial charge is 0.285 e. The van der Waals surface area contributed by atoms with E-state index in [0.29, 0.717) is 24.3 Å². The standard InChI is InChI=1S/C13H19N3O2S/c1-13(2,3)12-15-14-10(19-12)11(17)16(8-4-5-8)9-6-18-7-9/h8-9H,4-7H2,1-3H3. The Balaban J connectivity index is 1.80. The van der Waals surface area contributed by atoms with Gasteiger partial charge in [-0.15, -0.1) is 10.2 Å². The number of hydrogen-bond donors (Lipinski definition) is 0. The van der Waals surface area contributed by atoms with Gasteiger partial charge in [0.15, 0.2) is 0 Å². The molecule has 0 bridgehead atoms. The largest absolute Gasteiger partial charge is 0.377 e. The van der Waals surface area contributed by atoms with E-state index >= 15 is 0 Å². The van der Waals surface area contributed by atoms with Crippen molar-refractivity contribution in [1.82, 2.24) is 15.1 Å². The van der Waals surface area contributed by atoms with Crippen LogP contribution < -0.4 is 0 Å². The fraction of sp³-hybridized carbons (Fsp3) is 0.769. The van der Waals surface area contributed by atoms with Crippen molar-refractivity contribution in [2.45, 2.75) is 51.1 Å². The van der Waals surface area contributed by atoms with Gasteiger partial charge in [0.05, 0.1) is 19.3 Å². The number of rotatable bonds is 3. The minimum atomic E-state index is -0.0554. The molecule has 0 unspecified atom stereocenters. The first-order valence-electron chi connectivity index (χ1n) is 6.71. The SMILES string of the molecule is CC(C)(C)c1nnc(C(=O)N(C2CC2)C2COC2)s1. The van der Waals surface area contributed by atoms with Gasteiger partial charge in [0.25, 0.3) is 5.91 Å². The van der Waals surface area contributed by atoms with Gasteiger partial charge in [-0.1, -0.05) is 32.1 Å². The predicted molar refractivity (Wildman–Crippen MR) is 72.4 cm³/mol. The van der Waals surface area contributed by atoms with Crippen molar-refractivity contribution >= 4 is 17.2 Å². The van der Waals surface area contributed by atoms with Crippen LogP contribution in [0.15, 0.2) is 0 Å². The molecule has 0 spiro atoms. The van der Waals surface area contributed by atoms with Gasteiger partial charge in [-0.2, -0.15) is 0 Å². The molecule has 1 aromatic heterocycles. The first-order chi connectivity index (χ1) is 8.97. The van der Waals surface area contributed by atoms with Gasteiger partial charge in [0, 0.05) is 11.5 Å². The van der Waals surface area contributed by atoms with Crippen molar-refractivity contribution in [1.29, 1.82) is 0 Å². The Hall–Kier alpha value is -1.01. The van der Waals surface area contributed by atoms with Gasteiger partial charge in [-0.25, -0.2) is 0 Å². The first-order valence-corrected chi connectivity index (χ1v) is 7.53. The molecule has 3 rings (SSSR count). The van der Waals surface area contributed by atoms with E-state index in [1.165, 1.54) is 11.3 Å². The average molecular weight is 281 g/mol. The second-order valence-corrected chi connectivity index (χ2v) is 7.27. The summed E-state index contributed by atoms with van der Waals surface area (Å²) in [7, 11) is 0. The third-order valence-electron chi connectivity index (χ3n) is 3.44. The van der Waals surface area contributed by atoms with Gasteiger partial charge in [-0.3, -0.25) is 4.79 Å². The summed E-state index contributed by atoms with van der Waals surface area (Å²) in [4.78, 5) is 14.5. The molecule has 2 aliphatic rings. The molecule has 6 heteroatoms. The van der Waals surface area contributed by atoms with Gasteiger partial charge in [0.2, 0.25) is 5.01 Å². The molecule has 104 valence electrons. The van der Waals surface area contributed by atoms with Crippen LogP contribution in [-0.4, -0.2) is 46.3 Å². The summed E-state index contributed by atoms with van der Waals surface area (Å²) >= 11 is 1.42. The highest BCUT2D eigenvalue weighted by Gasteiger charge is 2.41. The Morgan fingerprint density at radius 1 is 1.26 bits per heavy atom. The molecule has 5 nitrogen and oxygen atoms in total. The molecule has 1 aliphatic carbocycles. The van der Waals surface area contributed by atoms with Gasteiger partial charge in [0.1, 0.15) is 5.01 Å². The molecule has 0 atom stereocenters. The summed E-state index contributed by atoms with van der Waals surface area (Å²) in [6.07, 6.45) is 2.21. The van der Waals surface area contributed by atoms with E-state index in [9.17, 15) is 4.79 Å². The normalized spacial score (nSPS) is 20.2. The highest BCUT2D eigenvalue weighted by atomic mass is 32.1. The quantitative estimate of drug-likeness (QED) is 0.848. The topological polar surface area (TPSA) is 55.3 Å². The predicted octanol–water partition coefficient (Wildman–Crippen LogP) is 1.84. The van der Waals surface area contributed by atoms with Crippen LogP contribution in [0.25, 0.3) is 0 Å². The maximum Gasteiger partial charge on any atom is 0.285 e. The minimum Gasteiger partial charge on any atom is -0.377 e. The Morgan fingerprint density at radius 3 is 2.37 bits per heavy atom. The summed E-state index contributed by atoms with van der Waals surface area (Å²) in [6, 6.07) is 0.630. The van der Waals surface area contributed by atoms with Crippen LogP contribution in [-0.2, 0) is 10.2 Å². The third-order valence-corrected chi connectivity index (χ3v) is 4.78. The monoisotopic (exact) mass is 281 g/mol. The van der Waals surface area contributed by atoms with E-state index in [2.05, 4.69) is 31.0 Å². The zero-order valence-corrected chi connectivity index (χ0v) is 12.4. The van der Waals surface area contributed by atoms with E-state index in [1.54, 1.807) is 0 Å². The highest BCUT2D eigenvalue weighted by molar-refractivity contribution is 7.13. The van der Waals surface area contributed by atoms with E-state index in [4.69, 9.17) is 4.74 Å². The Labute approximate surface area is 117 Å². The summed E-state index contributed by atoms with van der Waals surface area (Å²) in [5, 5.41) is 9.69. The van der Waals surface area contributed by atoms with Crippen LogP contribution in [0.1, 0.15) is 48.4 Å². The van der Waals surface area contributed by atoms with Crippen molar-refractivity contribution < 1.29 is 9.53 Å². The number of carbonyl (C=O) groups excluding carboxylic acids is 1. The fourth-order valence-electron chi connectivity index (χ4n) is 2.09. The number of amides is 1. The molecule has 19 heavy (non-hydrogen) atoms. The first kappa shape index (κ1) is 13.0. The van der Waals surface area contributed by atoms with Gasteiger partial charge < -0.3 is 9.64 Å². The molecule has 1 saturated heterocycles. The van der Waals surface area contributed by atoms with Crippen LogP contribution in [0.3, 0.4) is 0 Å². The molecule has 0 aromatic carbocycles. The molecular formula is C13H19N3O2S. The summed E-state index contributed by atoms with van der Waals surface area (Å²) < 4.78 is 5.21. The third kappa shape index (κ3) is 2.51. The van der Waals surface area contributed by atoms with Crippen LogP contribution in [0, 0.1) is 0 Å². The fourth-order valence-corrected chi connectivity index (χ4v) is 2.93. The van der Waals surface area contributed by atoms with Gasteiger partial charge in [-0.05, 0) is 12.8 Å². The molecule has 0 radical (unpaired) electrons. The molecule has 1 amide bonds. The van der Waals surface area contributed by atoms with E-state index in [1.807, 2.05) is 4.90 Å². The van der Waals surface area contributed by atoms with Crippen LogP contribution >= 0.6 is 11.3 Å². The Morgan fingerprint density at radius 2 is 1.95 bits per heavy atom. The average Bonchev–Trinajstić information content (AvgIpc) is 2.95. The van der Waals surface area contributed by atoms with Crippen molar-refractivity contribution in [3.05, 3.63) is 10.0 Å². The van der Waals surface area contributed by atoms with Crippen LogP contribution in [0.5, 0.6) is 0 Å². The summed E-state index contributed by atoms with van der Waals surface area (Å²) in [6.45, 7) is 7.57. The van der Waals surface area contributed by atoms with Crippen molar-refractivity contribution in [2.24, 2.45) is 0 Å². The molecule has 2 heterocycles. The highest BCUT2D eigenvalue weighted by Crippen LogP contribution is 2.33. The number of nitrogens with zero attached hydrogens (tertiary/aromatic N) is 3. The van der Waals surface area contributed by atoms with E-state index < -0.39 is 0 Å². The van der Waals surface area contributed by atoms with E-state index in [0.717, 1.165) is 17.8 Å². The minimum absolute atomic E-state index is 0.0313. The molecule has 0 N–H and O–H groups in total. The molecular weight excluding hydrogens is 262 g/mol. The number of hydrogen-bond acceptors (Lipinski definition) is 5. The van der Waals surface area contributed by atoms with Crippen LogP contribution in [0.4, 0.5) is 0 Å². The summed E-state index contributed by atoms with van der Waals surface area (Å²) in [5.41, 5.74) is -0.0554. The molecule has 1 aromatic rings. The molecule has 1 saturated carbocycles.